The van der Waals surface area contributed by atoms with Gasteiger partial charge in [0.1, 0.15) is 6.29 Å². The first-order chi connectivity index (χ1) is 9.85. The van der Waals surface area contributed by atoms with Crippen molar-refractivity contribution in [3.63, 3.8) is 0 Å². The Hall–Kier alpha value is -0.410. The number of carbonyl (C=O) groups excluding carboxylic acids is 1. The minimum Gasteiger partial charge on any atom is -0.353 e. The van der Waals surface area contributed by atoms with Gasteiger partial charge in [-0.2, -0.15) is 0 Å². The van der Waals surface area contributed by atoms with Crippen molar-refractivity contribution < 1.29 is 14.3 Å². The van der Waals surface area contributed by atoms with E-state index < -0.39 is 0 Å². The molecular formula is C17H34O3. The molecule has 20 heavy (non-hydrogen) atoms. The van der Waals surface area contributed by atoms with Crippen LogP contribution in [-0.2, 0) is 14.3 Å². The minimum absolute atomic E-state index is 0.0693. The molecule has 0 bridgehead atoms. The maximum atomic E-state index is 10.3. The number of unbranched alkanes of at least 4 members (excludes halogenated alkanes) is 7. The quantitative estimate of drug-likeness (QED) is 0.230. The molecule has 0 fully saturated rings. The van der Waals surface area contributed by atoms with E-state index in [0.717, 1.165) is 51.6 Å². The van der Waals surface area contributed by atoms with Gasteiger partial charge in [0, 0.05) is 19.6 Å². The molecule has 3 nitrogen and oxygen atoms in total. The average molecular weight is 286 g/mol. The van der Waals surface area contributed by atoms with Gasteiger partial charge in [0.25, 0.3) is 0 Å². The molecule has 0 N–H and O–H groups in total. The predicted molar refractivity (Wildman–Crippen MR) is 83.9 cm³/mol. The highest BCUT2D eigenvalue weighted by molar-refractivity contribution is 5.48. The van der Waals surface area contributed by atoms with E-state index in [1.165, 1.54) is 32.1 Å². The lowest BCUT2D eigenvalue weighted by Gasteiger charge is -2.18. The predicted octanol–water partition coefficient (Wildman–Crippen LogP) is 4.88. The van der Waals surface area contributed by atoms with Crippen LogP contribution in [0.3, 0.4) is 0 Å². The van der Waals surface area contributed by atoms with Gasteiger partial charge < -0.3 is 14.3 Å². The molecule has 0 aliphatic carbocycles. The summed E-state index contributed by atoms with van der Waals surface area (Å²) in [6, 6.07) is 0. The largest absolute Gasteiger partial charge is 0.353 e. The third-order valence-corrected chi connectivity index (χ3v) is 3.37. The highest BCUT2D eigenvalue weighted by Gasteiger charge is 2.08. The van der Waals surface area contributed by atoms with Gasteiger partial charge in [0.2, 0.25) is 0 Å². The van der Waals surface area contributed by atoms with Crippen LogP contribution in [-0.4, -0.2) is 25.8 Å². The number of hydrogen-bond acceptors (Lipinski definition) is 3. The van der Waals surface area contributed by atoms with Crippen molar-refractivity contribution in [2.24, 2.45) is 0 Å². The number of ether oxygens (including phenoxy) is 2. The Balaban J connectivity index is 3.70. The Bertz CT molecular complexity index is 195. The summed E-state index contributed by atoms with van der Waals surface area (Å²) in [4.78, 5) is 10.3. The van der Waals surface area contributed by atoms with Crippen molar-refractivity contribution in [1.82, 2.24) is 0 Å². The fourth-order valence-corrected chi connectivity index (χ4v) is 2.06. The van der Waals surface area contributed by atoms with Gasteiger partial charge in [0.05, 0.1) is 0 Å². The van der Waals surface area contributed by atoms with Crippen LogP contribution in [0.1, 0.15) is 84.5 Å². The summed E-state index contributed by atoms with van der Waals surface area (Å²) in [5, 5.41) is 0. The third kappa shape index (κ3) is 14.0. The highest BCUT2D eigenvalue weighted by Crippen LogP contribution is 2.11. The first-order valence-corrected chi connectivity index (χ1v) is 8.52. The fraction of sp³-hybridized carbons (Fsp3) is 0.941. The van der Waals surface area contributed by atoms with Gasteiger partial charge >= 0.3 is 0 Å². The van der Waals surface area contributed by atoms with Crippen LogP contribution in [0.25, 0.3) is 0 Å². The van der Waals surface area contributed by atoms with E-state index >= 15 is 0 Å². The molecule has 0 aliphatic heterocycles. The molecule has 0 heterocycles. The molecule has 0 rings (SSSR count). The molecule has 1 unspecified atom stereocenters. The van der Waals surface area contributed by atoms with Crippen molar-refractivity contribution in [3.8, 4) is 0 Å². The van der Waals surface area contributed by atoms with Crippen LogP contribution >= 0.6 is 0 Å². The first-order valence-electron chi connectivity index (χ1n) is 8.52. The second-order valence-corrected chi connectivity index (χ2v) is 5.39. The Labute approximate surface area is 125 Å². The van der Waals surface area contributed by atoms with Gasteiger partial charge in [-0.1, -0.05) is 46.0 Å². The van der Waals surface area contributed by atoms with Crippen LogP contribution in [0.15, 0.2) is 0 Å². The molecule has 0 spiro atoms. The van der Waals surface area contributed by atoms with E-state index in [2.05, 4.69) is 13.8 Å². The van der Waals surface area contributed by atoms with E-state index in [4.69, 9.17) is 9.47 Å². The molecule has 3 heteroatoms. The zero-order valence-corrected chi connectivity index (χ0v) is 13.6. The smallest absolute Gasteiger partial charge is 0.157 e. The second kappa shape index (κ2) is 16.6. The van der Waals surface area contributed by atoms with Crippen molar-refractivity contribution in [2.45, 2.75) is 90.8 Å². The van der Waals surface area contributed by atoms with Crippen molar-refractivity contribution >= 4 is 6.29 Å². The summed E-state index contributed by atoms with van der Waals surface area (Å²) in [6.07, 6.45) is 12.9. The fourth-order valence-electron chi connectivity index (χ4n) is 2.06. The summed E-state index contributed by atoms with van der Waals surface area (Å²) < 4.78 is 11.7. The van der Waals surface area contributed by atoms with Crippen LogP contribution in [0.4, 0.5) is 0 Å². The minimum atomic E-state index is -0.0693. The average Bonchev–Trinajstić information content (AvgIpc) is 2.47. The molecule has 0 aromatic carbocycles. The summed E-state index contributed by atoms with van der Waals surface area (Å²) in [5.41, 5.74) is 0. The van der Waals surface area contributed by atoms with Crippen molar-refractivity contribution in [1.29, 1.82) is 0 Å². The topological polar surface area (TPSA) is 35.5 Å². The molecule has 120 valence electrons. The maximum Gasteiger partial charge on any atom is 0.157 e. The summed E-state index contributed by atoms with van der Waals surface area (Å²) >= 11 is 0. The number of rotatable bonds is 16. The second-order valence-electron chi connectivity index (χ2n) is 5.39. The Morgan fingerprint density at radius 1 is 0.800 bits per heavy atom. The van der Waals surface area contributed by atoms with Crippen molar-refractivity contribution in [3.05, 3.63) is 0 Å². The molecule has 0 aromatic rings. The summed E-state index contributed by atoms with van der Waals surface area (Å²) in [5.74, 6) is 0. The molecule has 0 saturated heterocycles. The van der Waals surface area contributed by atoms with Crippen LogP contribution in [0.2, 0.25) is 0 Å². The highest BCUT2D eigenvalue weighted by atomic mass is 16.7. The monoisotopic (exact) mass is 286 g/mol. The lowest BCUT2D eigenvalue weighted by Crippen LogP contribution is -2.19. The van der Waals surface area contributed by atoms with E-state index in [-0.39, 0.29) is 6.29 Å². The maximum absolute atomic E-state index is 10.3. The zero-order chi connectivity index (χ0) is 14.9. The SMILES string of the molecule is CCCCCCOC(CCCCC=O)OCCCCC. The van der Waals surface area contributed by atoms with Gasteiger partial charge in [-0.15, -0.1) is 0 Å². The number of hydrogen-bond donors (Lipinski definition) is 0. The van der Waals surface area contributed by atoms with Crippen LogP contribution < -0.4 is 0 Å². The molecule has 0 amide bonds. The lowest BCUT2D eigenvalue weighted by atomic mass is 10.2. The van der Waals surface area contributed by atoms with E-state index in [1.807, 2.05) is 0 Å². The number of aldehydes is 1. The Kier molecular flexibility index (Phi) is 16.3. The molecule has 0 aromatic heterocycles. The molecule has 0 aliphatic rings. The van der Waals surface area contributed by atoms with E-state index in [9.17, 15) is 4.79 Å². The van der Waals surface area contributed by atoms with Gasteiger partial charge in [-0.3, -0.25) is 0 Å². The van der Waals surface area contributed by atoms with E-state index in [1.54, 1.807) is 0 Å². The molecule has 1 atom stereocenters. The molecule has 0 radical (unpaired) electrons. The van der Waals surface area contributed by atoms with Gasteiger partial charge in [-0.25, -0.2) is 0 Å². The van der Waals surface area contributed by atoms with Gasteiger partial charge in [0.15, 0.2) is 6.29 Å². The van der Waals surface area contributed by atoms with Crippen LogP contribution in [0, 0.1) is 0 Å². The third-order valence-electron chi connectivity index (χ3n) is 3.37. The van der Waals surface area contributed by atoms with Crippen LogP contribution in [0.5, 0.6) is 0 Å². The normalized spacial score (nSPS) is 12.5. The van der Waals surface area contributed by atoms with E-state index in [0.29, 0.717) is 6.42 Å². The number of carbonyl (C=O) groups is 1. The molecular weight excluding hydrogens is 252 g/mol. The first kappa shape index (κ1) is 19.6. The Morgan fingerprint density at radius 2 is 1.40 bits per heavy atom. The van der Waals surface area contributed by atoms with Gasteiger partial charge in [-0.05, 0) is 32.1 Å². The summed E-state index contributed by atoms with van der Waals surface area (Å²) in [6.45, 7) is 6.00. The lowest BCUT2D eigenvalue weighted by molar-refractivity contribution is -0.148. The van der Waals surface area contributed by atoms with Crippen molar-refractivity contribution in [2.75, 3.05) is 13.2 Å². The summed E-state index contributed by atoms with van der Waals surface area (Å²) in [7, 11) is 0. The standard InChI is InChI=1S/C17H34O3/c1-3-5-7-12-16-20-17(13-9-8-10-14-18)19-15-11-6-4-2/h14,17H,3-13,15-16H2,1-2H3. The zero-order valence-electron chi connectivity index (χ0n) is 13.6. The Morgan fingerprint density at radius 3 is 2.00 bits per heavy atom. The molecule has 0 saturated carbocycles.